The highest BCUT2D eigenvalue weighted by atomic mass is 35.5. The number of hydrogen-bond acceptors (Lipinski definition) is 3. The Hall–Kier alpha value is -2.44. The highest BCUT2D eigenvalue weighted by molar-refractivity contribution is 6.30. The van der Waals surface area contributed by atoms with Crippen LogP contribution in [0.25, 0.3) is 0 Å². The quantitative estimate of drug-likeness (QED) is 0.750. The van der Waals surface area contributed by atoms with E-state index in [1.807, 2.05) is 35.2 Å². The van der Waals surface area contributed by atoms with Crippen molar-refractivity contribution in [3.63, 3.8) is 0 Å². The maximum Gasteiger partial charge on any atom is 0.241 e. The van der Waals surface area contributed by atoms with Gasteiger partial charge in [-0.3, -0.25) is 14.5 Å². The Morgan fingerprint density at radius 1 is 1.17 bits per heavy atom. The summed E-state index contributed by atoms with van der Waals surface area (Å²) in [5, 5.41) is 5.88. The van der Waals surface area contributed by atoms with E-state index in [1.54, 1.807) is 6.92 Å². The standard InChI is InChI=1S/C22H25ClFN3O2/c1-15(21(28)26-20-8-7-18(23)13-19(20)24)27-11-9-17(10-12-27)22(29)25-14-16-5-3-2-4-6-16/h2-8,13,15,17H,9-12,14H2,1H3,(H,25,29)(H,26,28). The first-order chi connectivity index (χ1) is 13.9. The summed E-state index contributed by atoms with van der Waals surface area (Å²) in [7, 11) is 0. The number of anilines is 1. The Balaban J connectivity index is 1.46. The van der Waals surface area contributed by atoms with E-state index >= 15 is 0 Å². The first-order valence-electron chi connectivity index (χ1n) is 9.75. The summed E-state index contributed by atoms with van der Waals surface area (Å²) in [6.45, 7) is 3.59. The zero-order chi connectivity index (χ0) is 20.8. The second-order valence-corrected chi connectivity index (χ2v) is 7.74. The van der Waals surface area contributed by atoms with Crippen molar-refractivity contribution in [1.29, 1.82) is 0 Å². The fourth-order valence-corrected chi connectivity index (χ4v) is 3.63. The monoisotopic (exact) mass is 417 g/mol. The average Bonchev–Trinajstić information content (AvgIpc) is 2.74. The summed E-state index contributed by atoms with van der Waals surface area (Å²) < 4.78 is 13.9. The molecule has 0 bridgehead atoms. The molecule has 1 saturated heterocycles. The van der Waals surface area contributed by atoms with Crippen LogP contribution < -0.4 is 10.6 Å². The van der Waals surface area contributed by atoms with Crippen LogP contribution in [0.1, 0.15) is 25.3 Å². The third-order valence-electron chi connectivity index (χ3n) is 5.33. The second-order valence-electron chi connectivity index (χ2n) is 7.30. The Labute approximate surface area is 175 Å². The van der Waals surface area contributed by atoms with Crippen molar-refractivity contribution in [2.75, 3.05) is 18.4 Å². The van der Waals surface area contributed by atoms with Crippen molar-refractivity contribution in [2.45, 2.75) is 32.4 Å². The minimum atomic E-state index is -0.563. The van der Waals surface area contributed by atoms with E-state index < -0.39 is 11.9 Å². The number of likely N-dealkylation sites (tertiary alicyclic amines) is 1. The van der Waals surface area contributed by atoms with Crippen LogP contribution >= 0.6 is 11.6 Å². The molecule has 154 valence electrons. The zero-order valence-corrected chi connectivity index (χ0v) is 17.1. The summed E-state index contributed by atoms with van der Waals surface area (Å²) >= 11 is 5.74. The zero-order valence-electron chi connectivity index (χ0n) is 16.3. The summed E-state index contributed by atoms with van der Waals surface area (Å²) in [5.74, 6) is -0.849. The lowest BCUT2D eigenvalue weighted by atomic mass is 9.94. The van der Waals surface area contributed by atoms with Crippen LogP contribution in [0.5, 0.6) is 0 Å². The molecule has 3 rings (SSSR count). The van der Waals surface area contributed by atoms with Crippen molar-refractivity contribution in [3.8, 4) is 0 Å². The van der Waals surface area contributed by atoms with Gasteiger partial charge in [-0.1, -0.05) is 41.9 Å². The summed E-state index contributed by atoms with van der Waals surface area (Å²) in [5.41, 5.74) is 1.18. The van der Waals surface area contributed by atoms with Crippen molar-refractivity contribution in [2.24, 2.45) is 5.92 Å². The Bertz CT molecular complexity index is 854. The van der Waals surface area contributed by atoms with Gasteiger partial charge in [-0.15, -0.1) is 0 Å². The fraction of sp³-hybridized carbons (Fsp3) is 0.364. The van der Waals surface area contributed by atoms with Gasteiger partial charge < -0.3 is 10.6 Å². The van der Waals surface area contributed by atoms with Gasteiger partial charge in [-0.05, 0) is 56.6 Å². The van der Waals surface area contributed by atoms with E-state index in [2.05, 4.69) is 10.6 Å². The molecule has 5 nitrogen and oxygen atoms in total. The summed E-state index contributed by atoms with van der Waals surface area (Å²) in [6.07, 6.45) is 1.38. The van der Waals surface area contributed by atoms with Crippen LogP contribution in [-0.2, 0) is 16.1 Å². The third kappa shape index (κ3) is 5.78. The fourth-order valence-electron chi connectivity index (χ4n) is 3.47. The van der Waals surface area contributed by atoms with Crippen molar-refractivity contribution < 1.29 is 14.0 Å². The minimum absolute atomic E-state index is 0.0499. The molecule has 2 N–H and O–H groups in total. The number of halogens is 2. The normalized spacial score (nSPS) is 16.2. The van der Waals surface area contributed by atoms with Crippen molar-refractivity contribution >= 4 is 29.1 Å². The van der Waals surface area contributed by atoms with Crippen LogP contribution in [0, 0.1) is 11.7 Å². The van der Waals surface area contributed by atoms with E-state index in [0.29, 0.717) is 32.5 Å². The maximum atomic E-state index is 13.9. The Kier molecular flexibility index (Phi) is 7.23. The van der Waals surface area contributed by atoms with Crippen LogP contribution in [-0.4, -0.2) is 35.8 Å². The van der Waals surface area contributed by atoms with Gasteiger partial charge in [0.2, 0.25) is 11.8 Å². The van der Waals surface area contributed by atoms with Gasteiger partial charge in [-0.25, -0.2) is 4.39 Å². The molecule has 1 atom stereocenters. The number of carbonyl (C=O) groups excluding carboxylic acids is 2. The third-order valence-corrected chi connectivity index (χ3v) is 5.56. The van der Waals surface area contributed by atoms with Crippen LogP contribution in [0.3, 0.4) is 0 Å². The number of amides is 2. The van der Waals surface area contributed by atoms with Crippen LogP contribution in [0.2, 0.25) is 5.02 Å². The molecule has 7 heteroatoms. The lowest BCUT2D eigenvalue weighted by Crippen LogP contribution is -2.48. The minimum Gasteiger partial charge on any atom is -0.352 e. The molecule has 1 unspecified atom stereocenters. The van der Waals surface area contributed by atoms with Gasteiger partial charge in [0.25, 0.3) is 0 Å². The van der Waals surface area contributed by atoms with Crippen molar-refractivity contribution in [3.05, 3.63) is 64.9 Å². The molecule has 0 aliphatic carbocycles. The highest BCUT2D eigenvalue weighted by Gasteiger charge is 2.30. The maximum absolute atomic E-state index is 13.9. The van der Waals surface area contributed by atoms with Gasteiger partial charge in [0.1, 0.15) is 5.82 Å². The SMILES string of the molecule is CC(C(=O)Nc1ccc(Cl)cc1F)N1CCC(C(=O)NCc2ccccc2)CC1. The Morgan fingerprint density at radius 3 is 2.52 bits per heavy atom. The average molecular weight is 418 g/mol. The molecule has 0 saturated carbocycles. The first-order valence-corrected chi connectivity index (χ1v) is 10.1. The van der Waals surface area contributed by atoms with E-state index in [-0.39, 0.29) is 28.4 Å². The lowest BCUT2D eigenvalue weighted by molar-refractivity contribution is -0.127. The van der Waals surface area contributed by atoms with E-state index in [1.165, 1.54) is 18.2 Å². The molecule has 1 aliphatic rings. The molecule has 2 amide bonds. The second kappa shape index (κ2) is 9.85. The number of nitrogens with zero attached hydrogens (tertiary/aromatic N) is 1. The molecule has 0 spiro atoms. The summed E-state index contributed by atoms with van der Waals surface area (Å²) in [4.78, 5) is 26.9. The Morgan fingerprint density at radius 2 is 1.86 bits per heavy atom. The van der Waals surface area contributed by atoms with E-state index in [9.17, 15) is 14.0 Å². The van der Waals surface area contributed by atoms with Crippen LogP contribution in [0.15, 0.2) is 48.5 Å². The number of piperidine rings is 1. The number of rotatable bonds is 6. The number of benzene rings is 2. The molecule has 0 aromatic heterocycles. The predicted molar refractivity (Wildman–Crippen MR) is 112 cm³/mol. The van der Waals surface area contributed by atoms with E-state index in [4.69, 9.17) is 11.6 Å². The van der Waals surface area contributed by atoms with Gasteiger partial charge in [-0.2, -0.15) is 0 Å². The molecule has 1 fully saturated rings. The number of nitrogens with one attached hydrogen (secondary N) is 2. The van der Waals surface area contributed by atoms with E-state index in [0.717, 1.165) is 5.56 Å². The van der Waals surface area contributed by atoms with Gasteiger partial charge in [0.05, 0.1) is 11.7 Å². The lowest BCUT2D eigenvalue weighted by Gasteiger charge is -2.34. The van der Waals surface area contributed by atoms with Crippen LogP contribution in [0.4, 0.5) is 10.1 Å². The van der Waals surface area contributed by atoms with Crippen molar-refractivity contribution in [1.82, 2.24) is 10.2 Å². The highest BCUT2D eigenvalue weighted by Crippen LogP contribution is 2.22. The topological polar surface area (TPSA) is 61.4 Å². The molecular weight excluding hydrogens is 393 g/mol. The molecule has 2 aromatic carbocycles. The smallest absolute Gasteiger partial charge is 0.241 e. The van der Waals surface area contributed by atoms with Gasteiger partial charge in [0, 0.05) is 17.5 Å². The molecule has 0 radical (unpaired) electrons. The summed E-state index contributed by atoms with van der Waals surface area (Å²) in [6, 6.07) is 13.5. The molecule has 1 aliphatic heterocycles. The molecule has 2 aromatic rings. The first kappa shape index (κ1) is 21.3. The largest absolute Gasteiger partial charge is 0.352 e. The number of hydrogen-bond donors (Lipinski definition) is 2. The predicted octanol–water partition coefficient (Wildman–Crippen LogP) is 3.83. The molecule has 29 heavy (non-hydrogen) atoms. The van der Waals surface area contributed by atoms with Gasteiger partial charge >= 0.3 is 0 Å². The van der Waals surface area contributed by atoms with Gasteiger partial charge in [0.15, 0.2) is 0 Å². The number of carbonyl (C=O) groups is 2. The molecule has 1 heterocycles. The molecular formula is C22H25ClFN3O2.